The van der Waals surface area contributed by atoms with E-state index in [1.54, 1.807) is 18.4 Å². The quantitative estimate of drug-likeness (QED) is 0.146. The molecule has 0 spiro atoms. The Bertz CT molecular complexity index is 1410. The summed E-state index contributed by atoms with van der Waals surface area (Å²) in [7, 11) is 5.30. The molecular formula is C32H36N2O4S. The van der Waals surface area contributed by atoms with E-state index in [9.17, 15) is 4.79 Å². The van der Waals surface area contributed by atoms with Crippen LogP contribution in [-0.4, -0.2) is 51.8 Å². The molecule has 1 saturated heterocycles. The number of nitrogens with zero attached hydrogens (tertiary/aromatic N) is 2. The molecule has 0 radical (unpaired) electrons. The molecule has 0 atom stereocenters. The van der Waals surface area contributed by atoms with Gasteiger partial charge in [-0.25, -0.2) is 0 Å². The minimum atomic E-state index is -0.214. The van der Waals surface area contributed by atoms with E-state index in [-0.39, 0.29) is 5.97 Å². The number of anilines is 2. The highest BCUT2D eigenvalue weighted by Gasteiger charge is 2.20. The molecule has 39 heavy (non-hydrogen) atoms. The fourth-order valence-electron chi connectivity index (χ4n) is 5.15. The Morgan fingerprint density at radius 3 is 2.51 bits per heavy atom. The highest BCUT2D eigenvalue weighted by Crippen LogP contribution is 2.47. The van der Waals surface area contributed by atoms with E-state index in [0.29, 0.717) is 19.4 Å². The van der Waals surface area contributed by atoms with Gasteiger partial charge >= 0.3 is 5.97 Å². The Balaban J connectivity index is 1.40. The molecule has 0 aliphatic carbocycles. The molecule has 2 heterocycles. The first-order chi connectivity index (χ1) is 19.1. The van der Waals surface area contributed by atoms with Crippen LogP contribution in [0.25, 0.3) is 20.5 Å². The van der Waals surface area contributed by atoms with E-state index in [1.807, 2.05) is 12.1 Å². The molecule has 1 fully saturated rings. The summed E-state index contributed by atoms with van der Waals surface area (Å²) in [5, 5.41) is 1.23. The number of esters is 1. The smallest absolute Gasteiger partial charge is 0.305 e. The number of methoxy groups -OCH3 is 2. The van der Waals surface area contributed by atoms with Crippen LogP contribution in [0.1, 0.15) is 31.2 Å². The molecule has 4 aromatic rings. The van der Waals surface area contributed by atoms with Crippen molar-refractivity contribution >= 4 is 38.8 Å². The first-order valence-electron chi connectivity index (χ1n) is 13.5. The third kappa shape index (κ3) is 6.21. The molecule has 6 nitrogen and oxygen atoms in total. The van der Waals surface area contributed by atoms with Crippen molar-refractivity contribution in [3.05, 3.63) is 72.3 Å². The highest BCUT2D eigenvalue weighted by molar-refractivity contribution is 7.23. The Morgan fingerprint density at radius 1 is 1.00 bits per heavy atom. The zero-order valence-corrected chi connectivity index (χ0v) is 23.8. The molecule has 0 unspecified atom stereocenters. The molecule has 0 saturated carbocycles. The summed E-state index contributed by atoms with van der Waals surface area (Å²) < 4.78 is 17.6. The lowest BCUT2D eigenvalue weighted by Gasteiger charge is -2.23. The Labute approximate surface area is 234 Å². The van der Waals surface area contributed by atoms with Crippen LogP contribution in [0.3, 0.4) is 0 Å². The monoisotopic (exact) mass is 544 g/mol. The molecule has 1 aliphatic heterocycles. The molecule has 7 heteroatoms. The number of rotatable bonds is 11. The van der Waals surface area contributed by atoms with Gasteiger partial charge in [0.15, 0.2) is 0 Å². The molecule has 0 N–H and O–H groups in total. The number of thiophene rings is 1. The average Bonchev–Trinajstić information content (AvgIpc) is 3.63. The summed E-state index contributed by atoms with van der Waals surface area (Å²) in [5.74, 6) is 1.51. The summed E-state index contributed by atoms with van der Waals surface area (Å²) in [6.07, 6.45) is 3.54. The lowest BCUT2D eigenvalue weighted by Crippen LogP contribution is -2.19. The molecule has 0 bridgehead atoms. The third-order valence-electron chi connectivity index (χ3n) is 7.29. The standard InChI is InChI=1S/C32H36N2O4S/c1-33(25-15-12-24(28(21-25)36-2)22-34-18-6-7-19-34)31-27-9-4-5-10-29(27)39-32(31)23-13-16-26(17-14-23)38-20-8-11-30(35)37-3/h4-5,9-10,12-17,21H,6-8,11,18-20,22H2,1-3H3. The van der Waals surface area contributed by atoms with Gasteiger partial charge in [-0.15, -0.1) is 11.3 Å². The minimum absolute atomic E-state index is 0.214. The number of fused-ring (bicyclic) bond motifs is 1. The first-order valence-corrected chi connectivity index (χ1v) is 14.3. The average molecular weight is 545 g/mol. The van der Waals surface area contributed by atoms with E-state index in [4.69, 9.17) is 14.2 Å². The zero-order valence-electron chi connectivity index (χ0n) is 22.9. The second-order valence-corrected chi connectivity index (χ2v) is 10.9. The van der Waals surface area contributed by atoms with Crippen LogP contribution < -0.4 is 14.4 Å². The molecule has 0 amide bonds. The summed E-state index contributed by atoms with van der Waals surface area (Å²) in [5.41, 5.74) is 4.63. The summed E-state index contributed by atoms with van der Waals surface area (Å²) >= 11 is 1.80. The summed E-state index contributed by atoms with van der Waals surface area (Å²) in [4.78, 5) is 17.3. The fourth-order valence-corrected chi connectivity index (χ4v) is 6.39. The van der Waals surface area contributed by atoms with Crippen LogP contribution in [0.15, 0.2) is 66.7 Å². The van der Waals surface area contributed by atoms with E-state index < -0.39 is 0 Å². The van der Waals surface area contributed by atoms with Gasteiger partial charge in [-0.2, -0.15) is 0 Å². The van der Waals surface area contributed by atoms with Gasteiger partial charge in [-0.3, -0.25) is 9.69 Å². The number of hydrogen-bond donors (Lipinski definition) is 0. The summed E-state index contributed by atoms with van der Waals surface area (Å²) in [6, 6.07) is 23.4. The van der Waals surface area contributed by atoms with Gasteiger partial charge in [0.2, 0.25) is 0 Å². The van der Waals surface area contributed by atoms with Crippen molar-refractivity contribution in [3.63, 3.8) is 0 Å². The zero-order chi connectivity index (χ0) is 27.2. The van der Waals surface area contributed by atoms with Crippen LogP contribution in [0.2, 0.25) is 0 Å². The molecular weight excluding hydrogens is 508 g/mol. The van der Waals surface area contributed by atoms with Gasteiger partial charge in [0.05, 0.1) is 31.4 Å². The maximum atomic E-state index is 11.3. The SMILES string of the molecule is COC(=O)CCCOc1ccc(-c2sc3ccccc3c2N(C)c2ccc(CN3CCCC3)c(OC)c2)cc1. The van der Waals surface area contributed by atoms with Gasteiger partial charge in [0, 0.05) is 47.4 Å². The van der Waals surface area contributed by atoms with Crippen LogP contribution >= 0.6 is 11.3 Å². The van der Waals surface area contributed by atoms with Crippen molar-refractivity contribution in [2.75, 3.05) is 45.9 Å². The number of carbonyl (C=O) groups excluding carboxylic acids is 1. The summed E-state index contributed by atoms with van der Waals surface area (Å²) in [6.45, 7) is 3.72. The molecule has 3 aromatic carbocycles. The van der Waals surface area contributed by atoms with Crippen LogP contribution in [0.5, 0.6) is 11.5 Å². The first kappa shape index (κ1) is 27.0. The number of ether oxygens (including phenoxy) is 3. The maximum absolute atomic E-state index is 11.3. The lowest BCUT2D eigenvalue weighted by atomic mass is 10.1. The van der Waals surface area contributed by atoms with Gasteiger partial charge in [-0.1, -0.05) is 24.3 Å². The third-order valence-corrected chi connectivity index (χ3v) is 8.50. The number of carbonyl (C=O) groups is 1. The second kappa shape index (κ2) is 12.5. The maximum Gasteiger partial charge on any atom is 0.305 e. The number of likely N-dealkylation sites (tertiary alicyclic amines) is 1. The Hall–Kier alpha value is -3.55. The topological polar surface area (TPSA) is 51.2 Å². The van der Waals surface area contributed by atoms with Crippen LogP contribution in [-0.2, 0) is 16.1 Å². The molecule has 204 valence electrons. The minimum Gasteiger partial charge on any atom is -0.496 e. The highest BCUT2D eigenvalue weighted by atomic mass is 32.1. The van der Waals surface area contributed by atoms with Gasteiger partial charge in [0.25, 0.3) is 0 Å². The van der Waals surface area contributed by atoms with E-state index in [0.717, 1.165) is 42.4 Å². The van der Waals surface area contributed by atoms with Gasteiger partial charge < -0.3 is 19.1 Å². The van der Waals surface area contributed by atoms with Gasteiger partial charge in [-0.05, 0) is 74.3 Å². The van der Waals surface area contributed by atoms with Gasteiger partial charge in [0.1, 0.15) is 11.5 Å². The van der Waals surface area contributed by atoms with Crippen LogP contribution in [0, 0.1) is 0 Å². The largest absolute Gasteiger partial charge is 0.496 e. The lowest BCUT2D eigenvalue weighted by molar-refractivity contribution is -0.140. The van der Waals surface area contributed by atoms with Crippen molar-refractivity contribution in [3.8, 4) is 21.9 Å². The predicted molar refractivity (Wildman–Crippen MR) is 160 cm³/mol. The molecule has 1 aliphatic rings. The van der Waals surface area contributed by atoms with E-state index in [1.165, 1.54) is 46.2 Å². The normalized spacial score (nSPS) is 13.5. The Morgan fingerprint density at radius 2 is 1.77 bits per heavy atom. The van der Waals surface area contributed by atoms with Crippen LogP contribution in [0.4, 0.5) is 11.4 Å². The van der Waals surface area contributed by atoms with Crippen molar-refractivity contribution in [2.24, 2.45) is 0 Å². The van der Waals surface area contributed by atoms with Crippen molar-refractivity contribution in [1.29, 1.82) is 0 Å². The van der Waals surface area contributed by atoms with Crippen molar-refractivity contribution in [1.82, 2.24) is 4.90 Å². The second-order valence-electron chi connectivity index (χ2n) is 9.87. The number of hydrogen-bond acceptors (Lipinski definition) is 7. The van der Waals surface area contributed by atoms with E-state index in [2.05, 4.69) is 71.4 Å². The van der Waals surface area contributed by atoms with Crippen molar-refractivity contribution in [2.45, 2.75) is 32.2 Å². The predicted octanol–water partition coefficient (Wildman–Crippen LogP) is 7.27. The Kier molecular flexibility index (Phi) is 8.69. The fraction of sp³-hybridized carbons (Fsp3) is 0.344. The van der Waals surface area contributed by atoms with Crippen molar-refractivity contribution < 1.29 is 19.0 Å². The number of benzene rings is 3. The molecule has 1 aromatic heterocycles. The van der Waals surface area contributed by atoms with E-state index >= 15 is 0 Å². The molecule has 5 rings (SSSR count).